The second-order valence-corrected chi connectivity index (χ2v) is 4.07. The molecule has 16 heavy (non-hydrogen) atoms. The highest BCUT2D eigenvalue weighted by atomic mass is 35.5. The van der Waals surface area contributed by atoms with E-state index in [4.69, 9.17) is 16.3 Å². The van der Waals surface area contributed by atoms with Crippen molar-refractivity contribution < 1.29 is 4.74 Å². The van der Waals surface area contributed by atoms with Gasteiger partial charge in [-0.1, -0.05) is 54.1 Å². The summed E-state index contributed by atoms with van der Waals surface area (Å²) in [4.78, 5) is 0. The van der Waals surface area contributed by atoms with Gasteiger partial charge in [0.05, 0.1) is 5.02 Å². The van der Waals surface area contributed by atoms with Gasteiger partial charge in [-0.25, -0.2) is 0 Å². The fourth-order valence-corrected chi connectivity index (χ4v) is 1.81. The van der Waals surface area contributed by atoms with E-state index in [0.717, 1.165) is 16.9 Å². The molecular formula is C14H13ClO. The Labute approximate surface area is 101 Å². The van der Waals surface area contributed by atoms with Crippen LogP contribution in [0.1, 0.15) is 11.1 Å². The van der Waals surface area contributed by atoms with Gasteiger partial charge in [0.15, 0.2) is 0 Å². The van der Waals surface area contributed by atoms with E-state index in [1.807, 2.05) is 55.5 Å². The van der Waals surface area contributed by atoms with E-state index in [-0.39, 0.29) is 0 Å². The molecule has 0 bridgehead atoms. The van der Waals surface area contributed by atoms with Crippen LogP contribution < -0.4 is 4.74 Å². The first-order valence-corrected chi connectivity index (χ1v) is 5.57. The van der Waals surface area contributed by atoms with Crippen LogP contribution in [0.15, 0.2) is 48.5 Å². The average Bonchev–Trinajstić information content (AvgIpc) is 2.30. The SMILES string of the molecule is Cc1cccc(Cl)c1OCc1ccccc1. The van der Waals surface area contributed by atoms with E-state index in [9.17, 15) is 0 Å². The number of para-hydroxylation sites is 1. The molecule has 2 heteroatoms. The molecule has 1 nitrogen and oxygen atoms in total. The molecule has 0 aliphatic rings. The minimum absolute atomic E-state index is 0.547. The number of benzene rings is 2. The molecule has 0 saturated carbocycles. The molecule has 2 aromatic rings. The molecule has 82 valence electrons. The number of rotatable bonds is 3. The molecule has 2 rings (SSSR count). The minimum atomic E-state index is 0.547. The minimum Gasteiger partial charge on any atom is -0.487 e. The molecule has 0 fully saturated rings. The summed E-state index contributed by atoms with van der Waals surface area (Å²) < 4.78 is 5.72. The molecule has 0 aliphatic carbocycles. The summed E-state index contributed by atoms with van der Waals surface area (Å²) in [6, 6.07) is 15.8. The molecule has 0 heterocycles. The Morgan fingerprint density at radius 2 is 1.75 bits per heavy atom. The molecule has 0 saturated heterocycles. The van der Waals surface area contributed by atoms with Gasteiger partial charge in [-0.2, -0.15) is 0 Å². The molecule has 2 aromatic carbocycles. The number of hydrogen-bond donors (Lipinski definition) is 0. The van der Waals surface area contributed by atoms with Crippen LogP contribution in [0.5, 0.6) is 5.75 Å². The Kier molecular flexibility index (Phi) is 3.47. The first-order valence-electron chi connectivity index (χ1n) is 5.19. The van der Waals surface area contributed by atoms with Crippen molar-refractivity contribution in [3.05, 3.63) is 64.7 Å². The number of ether oxygens (including phenoxy) is 1. The van der Waals surface area contributed by atoms with Crippen LogP contribution in [-0.4, -0.2) is 0 Å². The number of aryl methyl sites for hydroxylation is 1. The average molecular weight is 233 g/mol. The fraction of sp³-hybridized carbons (Fsp3) is 0.143. The van der Waals surface area contributed by atoms with Crippen LogP contribution in [0, 0.1) is 6.92 Å². The Hall–Kier alpha value is -1.47. The van der Waals surface area contributed by atoms with Gasteiger partial charge in [0, 0.05) is 0 Å². The highest BCUT2D eigenvalue weighted by Crippen LogP contribution is 2.28. The third-order valence-electron chi connectivity index (χ3n) is 2.39. The van der Waals surface area contributed by atoms with E-state index < -0.39 is 0 Å². The van der Waals surface area contributed by atoms with Crippen molar-refractivity contribution in [2.45, 2.75) is 13.5 Å². The first-order chi connectivity index (χ1) is 7.77. The van der Waals surface area contributed by atoms with Gasteiger partial charge in [-0.15, -0.1) is 0 Å². The van der Waals surface area contributed by atoms with Crippen molar-refractivity contribution >= 4 is 11.6 Å². The lowest BCUT2D eigenvalue weighted by atomic mass is 10.2. The number of hydrogen-bond acceptors (Lipinski definition) is 1. The van der Waals surface area contributed by atoms with E-state index in [1.54, 1.807) is 0 Å². The van der Waals surface area contributed by atoms with Crippen LogP contribution in [0.4, 0.5) is 0 Å². The second kappa shape index (κ2) is 5.04. The topological polar surface area (TPSA) is 9.23 Å². The van der Waals surface area contributed by atoms with E-state index in [1.165, 1.54) is 0 Å². The maximum Gasteiger partial charge on any atom is 0.141 e. The normalized spacial score (nSPS) is 10.1. The Bertz CT molecular complexity index is 445. The summed E-state index contributed by atoms with van der Waals surface area (Å²) in [5, 5.41) is 0.663. The Morgan fingerprint density at radius 1 is 1.00 bits per heavy atom. The predicted molar refractivity (Wildman–Crippen MR) is 67.0 cm³/mol. The zero-order valence-corrected chi connectivity index (χ0v) is 9.87. The zero-order chi connectivity index (χ0) is 11.4. The fourth-order valence-electron chi connectivity index (χ4n) is 1.53. The predicted octanol–water partition coefficient (Wildman–Crippen LogP) is 4.23. The third kappa shape index (κ3) is 2.56. The second-order valence-electron chi connectivity index (χ2n) is 3.66. The molecule has 0 amide bonds. The third-order valence-corrected chi connectivity index (χ3v) is 2.69. The van der Waals surface area contributed by atoms with Crippen molar-refractivity contribution in [3.8, 4) is 5.75 Å². The number of halogens is 1. The quantitative estimate of drug-likeness (QED) is 0.770. The lowest BCUT2D eigenvalue weighted by Crippen LogP contribution is -1.97. The summed E-state index contributed by atoms with van der Waals surface area (Å²) in [7, 11) is 0. The molecule has 0 aliphatic heterocycles. The Balaban J connectivity index is 2.11. The van der Waals surface area contributed by atoms with E-state index >= 15 is 0 Å². The van der Waals surface area contributed by atoms with Gasteiger partial charge in [-0.3, -0.25) is 0 Å². The maximum atomic E-state index is 6.07. The molecule has 0 N–H and O–H groups in total. The summed E-state index contributed by atoms with van der Waals surface area (Å²) in [6.07, 6.45) is 0. The van der Waals surface area contributed by atoms with Crippen molar-refractivity contribution in [1.29, 1.82) is 0 Å². The van der Waals surface area contributed by atoms with Crippen molar-refractivity contribution in [2.24, 2.45) is 0 Å². The van der Waals surface area contributed by atoms with Gasteiger partial charge >= 0.3 is 0 Å². The van der Waals surface area contributed by atoms with Gasteiger partial charge in [0.25, 0.3) is 0 Å². The smallest absolute Gasteiger partial charge is 0.141 e. The molecule has 0 radical (unpaired) electrons. The van der Waals surface area contributed by atoms with Gasteiger partial charge in [0.2, 0.25) is 0 Å². The van der Waals surface area contributed by atoms with Crippen molar-refractivity contribution in [3.63, 3.8) is 0 Å². The summed E-state index contributed by atoms with van der Waals surface area (Å²) in [5.74, 6) is 0.771. The monoisotopic (exact) mass is 232 g/mol. The standard InChI is InChI=1S/C14H13ClO/c1-11-6-5-9-13(15)14(11)16-10-12-7-3-2-4-8-12/h2-9H,10H2,1H3. The highest BCUT2D eigenvalue weighted by Gasteiger charge is 2.04. The summed E-state index contributed by atoms with van der Waals surface area (Å²) in [5.41, 5.74) is 2.20. The molecule has 0 unspecified atom stereocenters. The zero-order valence-electron chi connectivity index (χ0n) is 9.11. The largest absolute Gasteiger partial charge is 0.487 e. The van der Waals surface area contributed by atoms with Crippen LogP contribution >= 0.6 is 11.6 Å². The molecule has 0 atom stereocenters. The van der Waals surface area contributed by atoms with E-state index in [2.05, 4.69) is 0 Å². The van der Waals surface area contributed by atoms with Crippen LogP contribution in [-0.2, 0) is 6.61 Å². The van der Waals surface area contributed by atoms with E-state index in [0.29, 0.717) is 11.6 Å². The van der Waals surface area contributed by atoms with Gasteiger partial charge < -0.3 is 4.74 Å². The summed E-state index contributed by atoms with van der Waals surface area (Å²) >= 11 is 6.07. The highest BCUT2D eigenvalue weighted by molar-refractivity contribution is 6.32. The first kappa shape index (κ1) is 11.0. The maximum absolute atomic E-state index is 6.07. The van der Waals surface area contributed by atoms with Crippen LogP contribution in [0.25, 0.3) is 0 Å². The van der Waals surface area contributed by atoms with Crippen LogP contribution in [0.3, 0.4) is 0 Å². The summed E-state index contributed by atoms with van der Waals surface area (Å²) in [6.45, 7) is 2.54. The van der Waals surface area contributed by atoms with Crippen LogP contribution in [0.2, 0.25) is 5.02 Å². The van der Waals surface area contributed by atoms with Crippen molar-refractivity contribution in [2.75, 3.05) is 0 Å². The van der Waals surface area contributed by atoms with Gasteiger partial charge in [-0.05, 0) is 24.1 Å². The Morgan fingerprint density at radius 3 is 2.44 bits per heavy atom. The molecule has 0 aromatic heterocycles. The van der Waals surface area contributed by atoms with Gasteiger partial charge in [0.1, 0.15) is 12.4 Å². The lowest BCUT2D eigenvalue weighted by molar-refractivity contribution is 0.304. The molecular weight excluding hydrogens is 220 g/mol. The van der Waals surface area contributed by atoms with Crippen molar-refractivity contribution in [1.82, 2.24) is 0 Å². The lowest BCUT2D eigenvalue weighted by Gasteiger charge is -2.10. The molecule has 0 spiro atoms.